The van der Waals surface area contributed by atoms with Gasteiger partial charge in [-0.15, -0.1) is 0 Å². The summed E-state index contributed by atoms with van der Waals surface area (Å²) in [6.07, 6.45) is 10.3. The molecule has 0 atom stereocenters. The summed E-state index contributed by atoms with van der Waals surface area (Å²) in [5, 5.41) is 34.5. The normalized spacial score (nSPS) is 17.7. The van der Waals surface area contributed by atoms with Crippen LogP contribution < -0.4 is 4.74 Å². The van der Waals surface area contributed by atoms with Gasteiger partial charge in [0.2, 0.25) is 0 Å². The average molecular weight is 619 g/mol. The molecule has 0 spiro atoms. The van der Waals surface area contributed by atoms with Crippen molar-refractivity contribution in [2.45, 2.75) is 77.3 Å². The highest BCUT2D eigenvalue weighted by Crippen LogP contribution is 2.42. The summed E-state index contributed by atoms with van der Waals surface area (Å²) in [7, 11) is 0. The largest absolute Gasteiger partial charge is 0.507 e. The SMILES string of the molecule is Oc1cc2ccc1-c1c(ccc(CN3CCCCC3)c1O)CCc1ccc(cc1)Oc1cc(cc(CN3CCCCC3)c1O)CC2. The molecule has 0 aliphatic carbocycles. The first-order valence-electron chi connectivity index (χ1n) is 17.2. The second-order valence-corrected chi connectivity index (χ2v) is 13.5. The number of phenolic OH excluding ortho intramolecular Hbond substituents is 3. The summed E-state index contributed by atoms with van der Waals surface area (Å²) in [4.78, 5) is 4.84. The number of likely N-dealkylation sites (tertiary alicyclic amines) is 2. The standard InChI is InChI=1S/C40H46N2O4/c43-36-24-29-7-8-30-23-33(27-42-21-5-2-6-22-42)39(44)37(25-30)46-34-16-10-28(11-17-34)9-13-31-14-15-32(26-41-19-3-1-4-20-41)40(45)38(31)35(36)18-12-29/h10-12,14-18,23-25,43-45H,1-9,13,19-22,26-27H2. The van der Waals surface area contributed by atoms with Crippen molar-refractivity contribution in [3.8, 4) is 39.9 Å². The fourth-order valence-electron chi connectivity index (χ4n) is 7.46. The molecule has 0 radical (unpaired) electrons. The number of hydrogen-bond acceptors (Lipinski definition) is 6. The Labute approximate surface area is 272 Å². The number of rotatable bonds is 4. The van der Waals surface area contributed by atoms with Gasteiger partial charge in [0.05, 0.1) is 0 Å². The van der Waals surface area contributed by atoms with Crippen LogP contribution >= 0.6 is 0 Å². The molecule has 46 heavy (non-hydrogen) atoms. The molecule has 2 fully saturated rings. The topological polar surface area (TPSA) is 76.4 Å². The molecule has 0 aromatic heterocycles. The first-order valence-corrected chi connectivity index (χ1v) is 17.2. The highest BCUT2D eigenvalue weighted by molar-refractivity contribution is 5.80. The lowest BCUT2D eigenvalue weighted by atomic mass is 9.90. The fraction of sp³-hybridized carbons (Fsp3) is 0.400. The minimum absolute atomic E-state index is 0.190. The fourth-order valence-corrected chi connectivity index (χ4v) is 7.46. The smallest absolute Gasteiger partial charge is 0.169 e. The molecule has 6 nitrogen and oxygen atoms in total. The second kappa shape index (κ2) is 13.8. The van der Waals surface area contributed by atoms with Crippen LogP contribution in [0.15, 0.2) is 66.7 Å². The van der Waals surface area contributed by atoms with Crippen molar-refractivity contribution in [1.29, 1.82) is 0 Å². The Morgan fingerprint density at radius 2 is 1.17 bits per heavy atom. The maximum atomic E-state index is 11.7. The second-order valence-electron chi connectivity index (χ2n) is 13.5. The molecule has 0 saturated carbocycles. The van der Waals surface area contributed by atoms with E-state index in [1.54, 1.807) is 0 Å². The van der Waals surface area contributed by atoms with Gasteiger partial charge >= 0.3 is 0 Å². The van der Waals surface area contributed by atoms with Gasteiger partial charge in [-0.25, -0.2) is 0 Å². The Hall–Kier alpha value is -4.00. The molecule has 6 heterocycles. The monoisotopic (exact) mass is 618 g/mol. The van der Waals surface area contributed by atoms with Crippen molar-refractivity contribution in [2.75, 3.05) is 26.2 Å². The van der Waals surface area contributed by atoms with Crippen LogP contribution in [-0.4, -0.2) is 51.3 Å². The highest BCUT2D eigenvalue weighted by atomic mass is 16.5. The zero-order valence-corrected chi connectivity index (χ0v) is 26.8. The van der Waals surface area contributed by atoms with E-state index in [0.717, 1.165) is 90.8 Å². The number of aromatic hydroxyl groups is 3. The molecule has 6 aliphatic rings. The first kappa shape index (κ1) is 30.6. The summed E-state index contributed by atoms with van der Waals surface area (Å²) in [6, 6.07) is 22.3. The summed E-state index contributed by atoms with van der Waals surface area (Å²) in [5.41, 5.74) is 7.51. The van der Waals surface area contributed by atoms with Gasteiger partial charge in [0.1, 0.15) is 17.2 Å². The van der Waals surface area contributed by atoms with Crippen LogP contribution in [0.5, 0.6) is 28.7 Å². The van der Waals surface area contributed by atoms with Crippen molar-refractivity contribution < 1.29 is 20.1 Å². The van der Waals surface area contributed by atoms with Crippen LogP contribution in [0.3, 0.4) is 0 Å². The number of ether oxygens (including phenoxy) is 1. The van der Waals surface area contributed by atoms with Gasteiger partial charge in [-0.1, -0.05) is 55.3 Å². The Morgan fingerprint density at radius 1 is 0.543 bits per heavy atom. The molecule has 4 aromatic rings. The lowest BCUT2D eigenvalue weighted by Gasteiger charge is -2.27. The van der Waals surface area contributed by atoms with Gasteiger partial charge in [-0.2, -0.15) is 0 Å². The molecule has 240 valence electrons. The first-order chi connectivity index (χ1) is 22.5. The molecular weight excluding hydrogens is 572 g/mol. The summed E-state index contributed by atoms with van der Waals surface area (Å²) in [5.74, 6) is 1.87. The third-order valence-electron chi connectivity index (χ3n) is 10.1. The maximum Gasteiger partial charge on any atom is 0.169 e. The van der Waals surface area contributed by atoms with Crippen LogP contribution in [0.25, 0.3) is 11.1 Å². The molecule has 4 aromatic carbocycles. The quantitative estimate of drug-likeness (QED) is 0.215. The lowest BCUT2D eigenvalue weighted by Crippen LogP contribution is -2.29. The Bertz CT molecular complexity index is 1670. The third kappa shape index (κ3) is 6.89. The van der Waals surface area contributed by atoms with Crippen LogP contribution in [-0.2, 0) is 38.8 Å². The highest BCUT2D eigenvalue weighted by Gasteiger charge is 2.21. The van der Waals surface area contributed by atoms with Crippen LogP contribution in [0.2, 0.25) is 0 Å². The lowest BCUT2D eigenvalue weighted by molar-refractivity contribution is 0.218. The number of benzene rings is 4. The van der Waals surface area contributed by atoms with Gasteiger partial charge in [0.15, 0.2) is 11.5 Å². The Kier molecular flexibility index (Phi) is 9.18. The van der Waals surface area contributed by atoms with E-state index in [1.807, 2.05) is 30.3 Å². The van der Waals surface area contributed by atoms with E-state index < -0.39 is 0 Å². The summed E-state index contributed by atoms with van der Waals surface area (Å²) >= 11 is 0. The van der Waals surface area contributed by atoms with E-state index in [-0.39, 0.29) is 17.2 Å². The minimum Gasteiger partial charge on any atom is -0.507 e. The predicted octanol–water partition coefficient (Wildman–Crippen LogP) is 8.12. The number of nitrogens with zero attached hydrogens (tertiary/aromatic N) is 2. The van der Waals surface area contributed by atoms with Gasteiger partial charge in [0.25, 0.3) is 0 Å². The molecular formula is C40H46N2O4. The molecule has 2 saturated heterocycles. The molecule has 0 unspecified atom stereocenters. The van der Waals surface area contributed by atoms with Gasteiger partial charge in [0, 0.05) is 35.3 Å². The van der Waals surface area contributed by atoms with Crippen LogP contribution in [0, 0.1) is 0 Å². The molecule has 10 rings (SSSR count). The van der Waals surface area contributed by atoms with Crippen molar-refractivity contribution in [2.24, 2.45) is 0 Å². The van der Waals surface area contributed by atoms with Crippen molar-refractivity contribution in [3.05, 3.63) is 100 Å². The zero-order chi connectivity index (χ0) is 31.5. The van der Waals surface area contributed by atoms with Crippen molar-refractivity contribution in [1.82, 2.24) is 9.80 Å². The third-order valence-corrected chi connectivity index (χ3v) is 10.1. The van der Waals surface area contributed by atoms with Crippen LogP contribution in [0.1, 0.15) is 71.9 Å². The number of aryl methyl sites for hydroxylation is 4. The molecule has 3 N–H and O–H groups in total. The van der Waals surface area contributed by atoms with E-state index in [1.165, 1.54) is 38.5 Å². The van der Waals surface area contributed by atoms with E-state index in [2.05, 4.69) is 46.2 Å². The number of piperidine rings is 2. The van der Waals surface area contributed by atoms with Gasteiger partial charge in [-0.05, 0) is 124 Å². The van der Waals surface area contributed by atoms with Gasteiger partial charge in [-0.3, -0.25) is 9.80 Å². The summed E-state index contributed by atoms with van der Waals surface area (Å²) in [6.45, 7) is 5.62. The van der Waals surface area contributed by atoms with E-state index in [9.17, 15) is 15.3 Å². The minimum atomic E-state index is 0.190. The van der Waals surface area contributed by atoms with Crippen molar-refractivity contribution in [3.63, 3.8) is 0 Å². The zero-order valence-electron chi connectivity index (χ0n) is 26.8. The molecule has 0 amide bonds. The number of hydrogen-bond donors (Lipinski definition) is 3. The van der Waals surface area contributed by atoms with E-state index in [0.29, 0.717) is 30.2 Å². The van der Waals surface area contributed by atoms with Crippen molar-refractivity contribution >= 4 is 0 Å². The summed E-state index contributed by atoms with van der Waals surface area (Å²) < 4.78 is 6.32. The van der Waals surface area contributed by atoms with E-state index >= 15 is 0 Å². The maximum absolute atomic E-state index is 11.7. The predicted molar refractivity (Wildman–Crippen MR) is 183 cm³/mol. The van der Waals surface area contributed by atoms with Gasteiger partial charge < -0.3 is 20.1 Å². The average Bonchev–Trinajstić information content (AvgIpc) is 3.07. The molecule has 6 heteroatoms. The Balaban J connectivity index is 1.25. The van der Waals surface area contributed by atoms with Crippen LogP contribution in [0.4, 0.5) is 0 Å². The Morgan fingerprint density at radius 3 is 1.87 bits per heavy atom. The van der Waals surface area contributed by atoms with E-state index in [4.69, 9.17) is 4.74 Å². The molecule has 6 bridgehead atoms. The molecule has 6 aliphatic heterocycles. The number of phenols is 3.